The Bertz CT molecular complexity index is 1200. The lowest BCUT2D eigenvalue weighted by atomic mass is 10.2. The van der Waals surface area contributed by atoms with Gasteiger partial charge < -0.3 is 14.8 Å². The summed E-state index contributed by atoms with van der Waals surface area (Å²) in [6.45, 7) is 7.78. The summed E-state index contributed by atoms with van der Waals surface area (Å²) in [6.07, 6.45) is 4.84. The lowest BCUT2D eigenvalue weighted by Gasteiger charge is -2.34. The highest BCUT2D eigenvalue weighted by molar-refractivity contribution is 7.89. The number of sulfonamides is 1. The second-order valence-electron chi connectivity index (χ2n) is 8.20. The Labute approximate surface area is 188 Å². The van der Waals surface area contributed by atoms with Gasteiger partial charge in [-0.3, -0.25) is 0 Å². The summed E-state index contributed by atoms with van der Waals surface area (Å²) in [5.41, 5.74) is 1.10. The van der Waals surface area contributed by atoms with Gasteiger partial charge in [0.25, 0.3) is 10.0 Å². The fraction of sp³-hybridized carbons (Fsp3) is 0.429. The van der Waals surface area contributed by atoms with Crippen LogP contribution in [0.3, 0.4) is 0 Å². The van der Waals surface area contributed by atoms with Crippen molar-refractivity contribution in [2.24, 2.45) is 7.05 Å². The number of aromatic nitrogens is 5. The van der Waals surface area contributed by atoms with Crippen molar-refractivity contribution in [3.63, 3.8) is 0 Å². The SMILES string of the molecule is Cc1ccnc(Nc2cc(N3CCN(S(=O)(=O)c4cn(C)c(C(C)C)n4)CC3)ncn2)c1. The Morgan fingerprint density at radius 2 is 1.75 bits per heavy atom. The Hall–Kier alpha value is -3.05. The number of rotatable bonds is 6. The maximum atomic E-state index is 13.1. The van der Waals surface area contributed by atoms with Crippen molar-refractivity contribution in [2.45, 2.75) is 31.7 Å². The first-order chi connectivity index (χ1) is 15.2. The molecule has 32 heavy (non-hydrogen) atoms. The molecule has 3 aromatic rings. The monoisotopic (exact) mass is 456 g/mol. The smallest absolute Gasteiger partial charge is 0.262 e. The maximum absolute atomic E-state index is 13.1. The second kappa shape index (κ2) is 8.83. The number of imidazole rings is 1. The van der Waals surface area contributed by atoms with Crippen molar-refractivity contribution in [1.82, 2.24) is 28.8 Å². The molecular weight excluding hydrogens is 428 g/mol. The van der Waals surface area contributed by atoms with Crippen LogP contribution in [-0.2, 0) is 17.1 Å². The predicted octanol–water partition coefficient (Wildman–Crippen LogP) is 2.29. The van der Waals surface area contributed by atoms with E-state index < -0.39 is 10.0 Å². The van der Waals surface area contributed by atoms with Crippen molar-refractivity contribution in [3.05, 3.63) is 48.3 Å². The molecule has 3 aromatic heterocycles. The van der Waals surface area contributed by atoms with Crippen LogP contribution in [0.1, 0.15) is 31.2 Å². The maximum Gasteiger partial charge on any atom is 0.262 e. The first-order valence-corrected chi connectivity index (χ1v) is 12.0. The first-order valence-electron chi connectivity index (χ1n) is 10.5. The van der Waals surface area contributed by atoms with E-state index >= 15 is 0 Å². The van der Waals surface area contributed by atoms with E-state index in [1.807, 2.05) is 46.0 Å². The van der Waals surface area contributed by atoms with Crippen LogP contribution in [0.25, 0.3) is 0 Å². The van der Waals surface area contributed by atoms with E-state index in [2.05, 4.69) is 30.2 Å². The van der Waals surface area contributed by atoms with Gasteiger partial charge in [-0.1, -0.05) is 13.8 Å². The molecule has 11 heteroatoms. The highest BCUT2D eigenvalue weighted by Crippen LogP contribution is 2.23. The van der Waals surface area contributed by atoms with Crippen molar-refractivity contribution < 1.29 is 8.42 Å². The molecule has 1 saturated heterocycles. The number of aryl methyl sites for hydroxylation is 2. The van der Waals surface area contributed by atoms with Gasteiger partial charge in [-0.25, -0.2) is 28.4 Å². The van der Waals surface area contributed by atoms with E-state index in [9.17, 15) is 8.42 Å². The van der Waals surface area contributed by atoms with Gasteiger partial charge in [-0.2, -0.15) is 4.31 Å². The number of nitrogens with zero attached hydrogens (tertiary/aromatic N) is 7. The van der Waals surface area contributed by atoms with E-state index in [1.165, 1.54) is 10.6 Å². The van der Waals surface area contributed by atoms with E-state index in [0.717, 1.165) is 17.2 Å². The minimum absolute atomic E-state index is 0.108. The zero-order valence-corrected chi connectivity index (χ0v) is 19.5. The van der Waals surface area contributed by atoms with Crippen LogP contribution < -0.4 is 10.2 Å². The van der Waals surface area contributed by atoms with Gasteiger partial charge in [0.15, 0.2) is 5.03 Å². The molecule has 0 atom stereocenters. The lowest BCUT2D eigenvalue weighted by molar-refractivity contribution is 0.382. The molecule has 1 N–H and O–H groups in total. The average molecular weight is 457 g/mol. The van der Waals surface area contributed by atoms with Gasteiger partial charge in [0.05, 0.1) is 0 Å². The van der Waals surface area contributed by atoms with Gasteiger partial charge in [0.1, 0.15) is 29.6 Å². The molecule has 4 rings (SSSR count). The van der Waals surface area contributed by atoms with Crippen molar-refractivity contribution in [1.29, 1.82) is 0 Å². The summed E-state index contributed by atoms with van der Waals surface area (Å²) >= 11 is 0. The zero-order valence-electron chi connectivity index (χ0n) is 18.7. The highest BCUT2D eigenvalue weighted by atomic mass is 32.2. The number of hydrogen-bond acceptors (Lipinski definition) is 8. The normalized spacial score (nSPS) is 15.3. The zero-order chi connectivity index (χ0) is 22.9. The topological polar surface area (TPSA) is 109 Å². The standard InChI is InChI=1S/C21H28N8O2S/c1-15(2)21-26-20(13-27(21)4)32(30,31)29-9-7-28(8-10-29)19-12-18(23-14-24-19)25-17-11-16(3)5-6-22-17/h5-6,11-15H,7-10H2,1-4H3,(H,22,23,24,25). The molecule has 0 bridgehead atoms. The minimum atomic E-state index is -3.63. The highest BCUT2D eigenvalue weighted by Gasteiger charge is 2.31. The lowest BCUT2D eigenvalue weighted by Crippen LogP contribution is -2.49. The van der Waals surface area contributed by atoms with Crippen LogP contribution in [0.4, 0.5) is 17.5 Å². The van der Waals surface area contributed by atoms with Crippen LogP contribution in [0.15, 0.2) is 41.9 Å². The molecule has 1 fully saturated rings. The number of piperazine rings is 1. The number of anilines is 3. The molecule has 170 valence electrons. The second-order valence-corrected chi connectivity index (χ2v) is 10.1. The van der Waals surface area contributed by atoms with E-state index in [-0.39, 0.29) is 10.9 Å². The Morgan fingerprint density at radius 3 is 2.41 bits per heavy atom. The number of pyridine rings is 1. The minimum Gasteiger partial charge on any atom is -0.354 e. The fourth-order valence-electron chi connectivity index (χ4n) is 3.73. The Kier molecular flexibility index (Phi) is 6.11. The van der Waals surface area contributed by atoms with Crippen LogP contribution in [-0.4, -0.2) is 63.4 Å². The number of nitrogens with one attached hydrogen (secondary N) is 1. The summed E-state index contributed by atoms with van der Waals surface area (Å²) in [4.78, 5) is 19.4. The molecule has 10 nitrogen and oxygen atoms in total. The summed E-state index contributed by atoms with van der Waals surface area (Å²) in [6, 6.07) is 5.72. The van der Waals surface area contributed by atoms with Crippen molar-refractivity contribution in [3.8, 4) is 0 Å². The third-order valence-corrected chi connectivity index (χ3v) is 7.17. The third kappa shape index (κ3) is 4.58. The quantitative estimate of drug-likeness (QED) is 0.602. The molecule has 0 aromatic carbocycles. The van der Waals surface area contributed by atoms with Gasteiger partial charge in [-0.05, 0) is 24.6 Å². The summed E-state index contributed by atoms with van der Waals surface area (Å²) in [5, 5.41) is 3.30. The molecular formula is C21H28N8O2S. The number of hydrogen-bond donors (Lipinski definition) is 1. The van der Waals surface area contributed by atoms with Crippen LogP contribution in [0.5, 0.6) is 0 Å². The molecule has 0 spiro atoms. The first kappa shape index (κ1) is 22.2. The van der Waals surface area contributed by atoms with E-state index in [4.69, 9.17) is 0 Å². The van der Waals surface area contributed by atoms with Gasteiger partial charge in [0, 0.05) is 57.6 Å². The molecule has 0 radical (unpaired) electrons. The van der Waals surface area contributed by atoms with E-state index in [0.29, 0.717) is 37.8 Å². The molecule has 0 unspecified atom stereocenters. The van der Waals surface area contributed by atoms with Crippen molar-refractivity contribution >= 4 is 27.5 Å². The largest absolute Gasteiger partial charge is 0.354 e. The fourth-order valence-corrected chi connectivity index (χ4v) is 5.14. The molecule has 1 aliphatic rings. The van der Waals surface area contributed by atoms with Gasteiger partial charge in [-0.15, -0.1) is 0 Å². The predicted molar refractivity (Wildman–Crippen MR) is 123 cm³/mol. The molecule has 4 heterocycles. The average Bonchev–Trinajstić information content (AvgIpc) is 3.17. The molecule has 0 amide bonds. The molecule has 0 aliphatic carbocycles. The van der Waals surface area contributed by atoms with Crippen LogP contribution in [0.2, 0.25) is 0 Å². The third-order valence-electron chi connectivity index (χ3n) is 5.40. The van der Waals surface area contributed by atoms with Crippen LogP contribution in [0, 0.1) is 6.92 Å². The van der Waals surface area contributed by atoms with Gasteiger partial charge >= 0.3 is 0 Å². The Balaban J connectivity index is 1.44. The van der Waals surface area contributed by atoms with E-state index in [1.54, 1.807) is 17.0 Å². The summed E-state index contributed by atoms with van der Waals surface area (Å²) in [5.74, 6) is 2.99. The Morgan fingerprint density at radius 1 is 1.03 bits per heavy atom. The van der Waals surface area contributed by atoms with Gasteiger partial charge in [0.2, 0.25) is 0 Å². The van der Waals surface area contributed by atoms with Crippen molar-refractivity contribution in [2.75, 3.05) is 36.4 Å². The summed E-state index contributed by atoms with van der Waals surface area (Å²) in [7, 11) is -1.81. The molecule has 0 saturated carbocycles. The molecule has 1 aliphatic heterocycles. The summed E-state index contributed by atoms with van der Waals surface area (Å²) < 4.78 is 29.5. The van der Waals surface area contributed by atoms with Crippen LogP contribution >= 0.6 is 0 Å².